The Hall–Kier alpha value is -2.68. The minimum atomic E-state index is -4.94. The van der Waals surface area contributed by atoms with E-state index in [0.29, 0.717) is 11.1 Å². The fourth-order valence-corrected chi connectivity index (χ4v) is 3.79. The summed E-state index contributed by atoms with van der Waals surface area (Å²) in [6.07, 6.45) is -1.85. The minimum Gasteiger partial charge on any atom is -0.394 e. The number of aliphatic hydroxyl groups is 3. The third kappa shape index (κ3) is 2.56. The second-order valence-electron chi connectivity index (χ2n) is 6.69. The number of alkyl halides is 3. The third-order valence-electron chi connectivity index (χ3n) is 5.04. The van der Waals surface area contributed by atoms with Crippen LogP contribution in [0.2, 0.25) is 0 Å². The number of aliphatic hydroxyl groups excluding tert-OH is 2. The molecule has 5 nitrogen and oxygen atoms in total. The van der Waals surface area contributed by atoms with Gasteiger partial charge in [-0.3, -0.25) is 4.68 Å². The number of nitrogens with zero attached hydrogens (tertiary/aromatic N) is 2. The molecular weight excluding hydrogens is 373 g/mol. The summed E-state index contributed by atoms with van der Waals surface area (Å²) in [7, 11) is 0. The molecule has 0 bridgehead atoms. The van der Waals surface area contributed by atoms with Gasteiger partial charge in [0.05, 0.1) is 26.0 Å². The number of aromatic nitrogens is 2. The van der Waals surface area contributed by atoms with Gasteiger partial charge in [0.15, 0.2) is 0 Å². The third-order valence-corrected chi connectivity index (χ3v) is 5.04. The first-order chi connectivity index (χ1) is 13.3. The Morgan fingerprint density at radius 1 is 1.04 bits per heavy atom. The van der Waals surface area contributed by atoms with E-state index in [0.717, 1.165) is 0 Å². The van der Waals surface area contributed by atoms with Crippen LogP contribution in [0.3, 0.4) is 0 Å². The quantitative estimate of drug-likeness (QED) is 0.640. The van der Waals surface area contributed by atoms with Gasteiger partial charge < -0.3 is 15.3 Å². The van der Waals surface area contributed by atoms with Crippen LogP contribution in [0, 0.1) is 0 Å². The van der Waals surface area contributed by atoms with E-state index in [1.165, 1.54) is 35.1 Å². The van der Waals surface area contributed by atoms with E-state index >= 15 is 0 Å². The Labute approximate surface area is 158 Å². The van der Waals surface area contributed by atoms with Gasteiger partial charge in [0, 0.05) is 22.9 Å². The molecule has 0 saturated heterocycles. The maximum atomic E-state index is 14.0. The first-order valence-electron chi connectivity index (χ1n) is 8.62. The van der Waals surface area contributed by atoms with E-state index in [1.54, 1.807) is 18.3 Å². The number of benzene rings is 2. The van der Waals surface area contributed by atoms with Crippen molar-refractivity contribution in [2.45, 2.75) is 24.9 Å². The highest BCUT2D eigenvalue weighted by atomic mass is 19.4. The molecule has 1 unspecified atom stereocenters. The van der Waals surface area contributed by atoms with E-state index in [4.69, 9.17) is 5.11 Å². The van der Waals surface area contributed by atoms with Crippen molar-refractivity contribution in [2.75, 3.05) is 6.61 Å². The summed E-state index contributed by atoms with van der Waals surface area (Å²) in [6, 6.07) is 8.66. The second kappa shape index (κ2) is 6.44. The lowest BCUT2D eigenvalue weighted by molar-refractivity contribution is -0.246. The Bertz CT molecular complexity index is 1050. The van der Waals surface area contributed by atoms with E-state index in [-0.39, 0.29) is 41.0 Å². The Balaban J connectivity index is 2.05. The topological polar surface area (TPSA) is 78.5 Å². The fourth-order valence-electron chi connectivity index (χ4n) is 3.79. The van der Waals surface area contributed by atoms with Crippen molar-refractivity contribution in [3.05, 3.63) is 65.5 Å². The van der Waals surface area contributed by atoms with Crippen LogP contribution in [-0.4, -0.2) is 37.9 Å². The molecule has 1 aliphatic rings. The first kappa shape index (κ1) is 18.7. The molecule has 1 aliphatic carbocycles. The van der Waals surface area contributed by atoms with Gasteiger partial charge in [-0.25, -0.2) is 0 Å². The lowest BCUT2D eigenvalue weighted by atomic mass is 9.88. The molecule has 1 aromatic heterocycles. The predicted octanol–water partition coefficient (Wildman–Crippen LogP) is 2.81. The monoisotopic (exact) mass is 390 g/mol. The highest BCUT2D eigenvalue weighted by molar-refractivity contribution is 5.92. The number of rotatable bonds is 4. The fraction of sp³-hybridized carbons (Fsp3) is 0.250. The van der Waals surface area contributed by atoms with Crippen LogP contribution < -0.4 is 0 Å². The van der Waals surface area contributed by atoms with Crippen LogP contribution in [0.4, 0.5) is 13.2 Å². The van der Waals surface area contributed by atoms with Crippen LogP contribution in [0.5, 0.6) is 0 Å². The van der Waals surface area contributed by atoms with Crippen LogP contribution in [-0.2, 0) is 18.8 Å². The van der Waals surface area contributed by atoms with Crippen molar-refractivity contribution in [3.8, 4) is 22.3 Å². The smallest absolute Gasteiger partial charge is 0.394 e. The average Bonchev–Trinajstić information content (AvgIpc) is 3.23. The lowest BCUT2D eigenvalue weighted by Gasteiger charge is -2.28. The molecule has 0 saturated carbocycles. The molecule has 0 amide bonds. The zero-order chi connectivity index (χ0) is 20.1. The molecule has 1 atom stereocenters. The van der Waals surface area contributed by atoms with Gasteiger partial charge in [0.2, 0.25) is 5.60 Å². The van der Waals surface area contributed by atoms with Gasteiger partial charge in [-0.05, 0) is 34.4 Å². The van der Waals surface area contributed by atoms with Gasteiger partial charge in [0.25, 0.3) is 0 Å². The van der Waals surface area contributed by atoms with Crippen molar-refractivity contribution in [3.63, 3.8) is 0 Å². The number of halogens is 3. The van der Waals surface area contributed by atoms with Gasteiger partial charge in [0.1, 0.15) is 0 Å². The summed E-state index contributed by atoms with van der Waals surface area (Å²) in [5, 5.41) is 33.6. The molecular formula is C20H17F3N2O3. The molecule has 28 heavy (non-hydrogen) atoms. The Morgan fingerprint density at radius 2 is 1.79 bits per heavy atom. The highest BCUT2D eigenvalue weighted by Gasteiger charge is 2.61. The Kier molecular flexibility index (Phi) is 4.29. The van der Waals surface area contributed by atoms with Crippen molar-refractivity contribution in [2.24, 2.45) is 0 Å². The van der Waals surface area contributed by atoms with Crippen molar-refractivity contribution < 1.29 is 28.5 Å². The largest absolute Gasteiger partial charge is 0.425 e. The molecule has 3 aromatic rings. The van der Waals surface area contributed by atoms with Gasteiger partial charge in [-0.2, -0.15) is 18.3 Å². The van der Waals surface area contributed by atoms with Crippen LogP contribution in [0.15, 0.2) is 48.8 Å². The lowest BCUT2D eigenvalue weighted by Crippen LogP contribution is -2.41. The molecule has 3 N–H and O–H groups in total. The summed E-state index contributed by atoms with van der Waals surface area (Å²) in [5.74, 6) is 0. The van der Waals surface area contributed by atoms with Gasteiger partial charge in [-0.1, -0.05) is 24.3 Å². The van der Waals surface area contributed by atoms with Crippen molar-refractivity contribution in [1.82, 2.24) is 9.78 Å². The number of fused-ring (bicyclic) bond motifs is 3. The summed E-state index contributed by atoms with van der Waals surface area (Å²) in [6.45, 7) is -0.368. The van der Waals surface area contributed by atoms with Crippen LogP contribution in [0.25, 0.3) is 22.3 Å². The van der Waals surface area contributed by atoms with Crippen LogP contribution in [0.1, 0.15) is 16.7 Å². The van der Waals surface area contributed by atoms with Crippen LogP contribution >= 0.6 is 0 Å². The summed E-state index contributed by atoms with van der Waals surface area (Å²) in [5.41, 5.74) is -1.96. The number of hydrogen-bond acceptors (Lipinski definition) is 4. The normalized spacial score (nSPS) is 18.2. The first-order valence-corrected chi connectivity index (χ1v) is 8.62. The summed E-state index contributed by atoms with van der Waals surface area (Å²) in [4.78, 5) is 0. The molecule has 2 aromatic carbocycles. The molecule has 0 fully saturated rings. The Morgan fingerprint density at radius 3 is 2.46 bits per heavy atom. The number of hydrogen-bond donors (Lipinski definition) is 3. The summed E-state index contributed by atoms with van der Waals surface area (Å²) < 4.78 is 43.5. The average molecular weight is 390 g/mol. The van der Waals surface area contributed by atoms with Crippen molar-refractivity contribution in [1.29, 1.82) is 0 Å². The summed E-state index contributed by atoms with van der Waals surface area (Å²) >= 11 is 0. The SMILES string of the molecule is OCCn1cc(-c2cc(CO)cc3c2-c2ccccc2C3(O)C(F)(F)F)cn1. The van der Waals surface area contributed by atoms with Gasteiger partial charge >= 0.3 is 6.18 Å². The van der Waals surface area contributed by atoms with E-state index in [9.17, 15) is 23.4 Å². The second-order valence-corrected chi connectivity index (χ2v) is 6.69. The molecule has 0 spiro atoms. The van der Waals surface area contributed by atoms with E-state index < -0.39 is 18.4 Å². The standard InChI is InChI=1S/C20H17F3N2O3/c21-20(22,23)19(28)16-4-2-1-3-14(16)18-15(7-12(11-27)8-17(18)19)13-9-24-25(10-13)5-6-26/h1-4,7-10,26-28H,5-6,11H2. The molecule has 1 heterocycles. The van der Waals surface area contributed by atoms with Gasteiger partial charge in [-0.15, -0.1) is 0 Å². The predicted molar refractivity (Wildman–Crippen MR) is 95.2 cm³/mol. The highest BCUT2D eigenvalue weighted by Crippen LogP contribution is 2.57. The molecule has 4 rings (SSSR count). The minimum absolute atomic E-state index is 0.132. The zero-order valence-corrected chi connectivity index (χ0v) is 14.6. The molecule has 146 valence electrons. The molecule has 0 radical (unpaired) electrons. The van der Waals surface area contributed by atoms with E-state index in [1.807, 2.05) is 0 Å². The van der Waals surface area contributed by atoms with Crippen molar-refractivity contribution >= 4 is 0 Å². The maximum absolute atomic E-state index is 14.0. The molecule has 0 aliphatic heterocycles. The molecule has 8 heteroatoms. The maximum Gasteiger partial charge on any atom is 0.425 e. The van der Waals surface area contributed by atoms with E-state index in [2.05, 4.69) is 5.10 Å². The zero-order valence-electron chi connectivity index (χ0n) is 14.6.